The van der Waals surface area contributed by atoms with E-state index in [-0.39, 0.29) is 11.5 Å². The second-order valence-corrected chi connectivity index (χ2v) is 8.69. The van der Waals surface area contributed by atoms with Gasteiger partial charge in [-0.25, -0.2) is 0 Å². The molecule has 2 aromatic carbocycles. The van der Waals surface area contributed by atoms with E-state index in [2.05, 4.69) is 4.90 Å². The summed E-state index contributed by atoms with van der Waals surface area (Å²) < 4.78 is 11.9. The van der Waals surface area contributed by atoms with Crippen molar-refractivity contribution >= 4 is 11.0 Å². The van der Waals surface area contributed by atoms with E-state index in [0.717, 1.165) is 56.6 Å². The Morgan fingerprint density at radius 2 is 1.69 bits per heavy atom. The molecular formula is C27H33NO4. The summed E-state index contributed by atoms with van der Waals surface area (Å²) in [5.74, 6) is 1.30. The number of unbranched alkanes of at least 4 members (excludes halogenated alkanes) is 4. The first-order chi connectivity index (χ1) is 15.7. The number of hydrogen-bond donors (Lipinski definition) is 1. The fourth-order valence-corrected chi connectivity index (χ4v) is 4.27. The topological polar surface area (TPSA) is 62.9 Å². The summed E-state index contributed by atoms with van der Waals surface area (Å²) in [6.07, 6.45) is 7.60. The van der Waals surface area contributed by atoms with Gasteiger partial charge in [-0.3, -0.25) is 4.79 Å². The minimum absolute atomic E-state index is 0.0441. The van der Waals surface area contributed by atoms with Gasteiger partial charge >= 0.3 is 0 Å². The lowest BCUT2D eigenvalue weighted by Gasteiger charge is -2.29. The van der Waals surface area contributed by atoms with Gasteiger partial charge in [-0.05, 0) is 44.4 Å². The number of benzene rings is 2. The van der Waals surface area contributed by atoms with Crippen LogP contribution >= 0.6 is 0 Å². The van der Waals surface area contributed by atoms with Crippen molar-refractivity contribution in [3.05, 3.63) is 64.8 Å². The highest BCUT2D eigenvalue weighted by Gasteiger charge is 2.15. The average Bonchev–Trinajstić information content (AvgIpc) is 2.82. The van der Waals surface area contributed by atoms with Crippen LogP contribution < -0.4 is 10.2 Å². The summed E-state index contributed by atoms with van der Waals surface area (Å²) >= 11 is 0. The SMILES string of the molecule is O=c1cc(-c2ccccc2)oc2cc(OCCCCCCCN3CCC(O)CC3)ccc12. The van der Waals surface area contributed by atoms with Crippen LogP contribution in [0.25, 0.3) is 22.3 Å². The molecule has 0 saturated carbocycles. The highest BCUT2D eigenvalue weighted by Crippen LogP contribution is 2.25. The molecule has 1 N–H and O–H groups in total. The molecule has 0 bridgehead atoms. The van der Waals surface area contributed by atoms with Crippen LogP contribution in [0.5, 0.6) is 5.75 Å². The maximum Gasteiger partial charge on any atom is 0.193 e. The van der Waals surface area contributed by atoms with E-state index in [0.29, 0.717) is 23.3 Å². The summed E-state index contributed by atoms with van der Waals surface area (Å²) in [6.45, 7) is 3.88. The zero-order valence-electron chi connectivity index (χ0n) is 18.7. The number of rotatable bonds is 10. The highest BCUT2D eigenvalue weighted by molar-refractivity contribution is 5.80. The molecule has 1 fully saturated rings. The average molecular weight is 436 g/mol. The largest absolute Gasteiger partial charge is 0.493 e. The Hall–Kier alpha value is -2.63. The van der Waals surface area contributed by atoms with Crippen molar-refractivity contribution < 1.29 is 14.3 Å². The van der Waals surface area contributed by atoms with Crippen molar-refractivity contribution in [3.63, 3.8) is 0 Å². The molecular weight excluding hydrogens is 402 g/mol. The summed E-state index contributed by atoms with van der Waals surface area (Å²) in [7, 11) is 0. The lowest BCUT2D eigenvalue weighted by atomic mass is 10.1. The van der Waals surface area contributed by atoms with Crippen molar-refractivity contribution in [2.45, 2.75) is 51.0 Å². The molecule has 0 spiro atoms. The first kappa shape index (κ1) is 22.6. The molecule has 2 heterocycles. The molecule has 1 aliphatic heterocycles. The minimum atomic E-state index is -0.0872. The summed E-state index contributed by atoms with van der Waals surface area (Å²) in [5.41, 5.74) is 1.40. The van der Waals surface area contributed by atoms with E-state index < -0.39 is 0 Å². The van der Waals surface area contributed by atoms with Crippen LogP contribution in [0.15, 0.2) is 63.8 Å². The van der Waals surface area contributed by atoms with Crippen molar-refractivity contribution in [3.8, 4) is 17.1 Å². The first-order valence-corrected chi connectivity index (χ1v) is 11.9. The molecule has 1 saturated heterocycles. The first-order valence-electron chi connectivity index (χ1n) is 11.9. The fraction of sp³-hybridized carbons (Fsp3) is 0.444. The number of hydrogen-bond acceptors (Lipinski definition) is 5. The van der Waals surface area contributed by atoms with Crippen LogP contribution in [0.4, 0.5) is 0 Å². The maximum atomic E-state index is 12.5. The van der Waals surface area contributed by atoms with E-state index >= 15 is 0 Å². The van der Waals surface area contributed by atoms with Gasteiger partial charge in [0.05, 0.1) is 18.1 Å². The van der Waals surface area contributed by atoms with Crippen molar-refractivity contribution in [1.82, 2.24) is 4.90 Å². The summed E-state index contributed by atoms with van der Waals surface area (Å²) in [4.78, 5) is 14.9. The molecule has 0 atom stereocenters. The van der Waals surface area contributed by atoms with Crippen LogP contribution in [0.2, 0.25) is 0 Å². The van der Waals surface area contributed by atoms with Crippen LogP contribution in [-0.4, -0.2) is 42.4 Å². The normalized spacial score (nSPS) is 15.3. The van der Waals surface area contributed by atoms with Gasteiger partial charge in [0.1, 0.15) is 17.1 Å². The monoisotopic (exact) mass is 435 g/mol. The Labute approximate surface area is 189 Å². The Kier molecular flexibility index (Phi) is 7.97. The van der Waals surface area contributed by atoms with E-state index in [1.807, 2.05) is 42.5 Å². The quantitative estimate of drug-likeness (QED) is 0.441. The molecule has 3 aromatic rings. The third-order valence-electron chi connectivity index (χ3n) is 6.20. The number of likely N-dealkylation sites (tertiary alicyclic amines) is 1. The number of aliphatic hydroxyl groups is 1. The lowest BCUT2D eigenvalue weighted by molar-refractivity contribution is 0.0817. The fourth-order valence-electron chi connectivity index (χ4n) is 4.27. The zero-order valence-corrected chi connectivity index (χ0v) is 18.7. The van der Waals surface area contributed by atoms with Gasteiger partial charge in [0.2, 0.25) is 0 Å². The summed E-state index contributed by atoms with van der Waals surface area (Å²) in [6, 6.07) is 16.7. The molecule has 0 aliphatic carbocycles. The van der Waals surface area contributed by atoms with Gasteiger partial charge < -0.3 is 19.2 Å². The van der Waals surface area contributed by atoms with Crippen LogP contribution in [0.3, 0.4) is 0 Å². The molecule has 0 amide bonds. The molecule has 1 aliphatic rings. The maximum absolute atomic E-state index is 12.5. The van der Waals surface area contributed by atoms with E-state index in [1.54, 1.807) is 12.1 Å². The Morgan fingerprint density at radius 1 is 0.938 bits per heavy atom. The van der Waals surface area contributed by atoms with Crippen molar-refractivity contribution in [2.24, 2.45) is 0 Å². The summed E-state index contributed by atoms with van der Waals surface area (Å²) in [5, 5.41) is 10.1. The predicted octanol–water partition coefficient (Wildman–Crippen LogP) is 5.25. The van der Waals surface area contributed by atoms with Gasteiger partial charge in [0.25, 0.3) is 0 Å². The molecule has 5 heteroatoms. The Morgan fingerprint density at radius 3 is 2.50 bits per heavy atom. The molecule has 0 unspecified atom stereocenters. The third kappa shape index (κ3) is 6.21. The van der Waals surface area contributed by atoms with Gasteiger partial charge in [-0.2, -0.15) is 0 Å². The molecule has 1 aromatic heterocycles. The number of nitrogens with zero attached hydrogens (tertiary/aromatic N) is 1. The van der Waals surface area contributed by atoms with E-state index in [1.165, 1.54) is 19.3 Å². The zero-order chi connectivity index (χ0) is 22.2. The van der Waals surface area contributed by atoms with Crippen LogP contribution in [0.1, 0.15) is 44.9 Å². The number of ether oxygens (including phenoxy) is 1. The van der Waals surface area contributed by atoms with Crippen molar-refractivity contribution in [2.75, 3.05) is 26.2 Å². The van der Waals surface area contributed by atoms with Crippen LogP contribution in [-0.2, 0) is 0 Å². The molecule has 5 nitrogen and oxygen atoms in total. The molecule has 170 valence electrons. The highest BCUT2D eigenvalue weighted by atomic mass is 16.5. The number of fused-ring (bicyclic) bond motifs is 1. The molecule has 4 rings (SSSR count). The third-order valence-corrected chi connectivity index (χ3v) is 6.20. The van der Waals surface area contributed by atoms with Crippen molar-refractivity contribution in [1.29, 1.82) is 0 Å². The lowest BCUT2D eigenvalue weighted by Crippen LogP contribution is -2.36. The van der Waals surface area contributed by atoms with E-state index in [9.17, 15) is 9.90 Å². The standard InChI is InChI=1S/C27H33NO4/c29-22-13-16-28(17-14-22)15-7-2-1-3-8-18-31-23-11-12-24-25(30)20-26(32-27(24)19-23)21-9-5-4-6-10-21/h4-6,9-12,19-20,22,29H,1-3,7-8,13-18H2. The minimum Gasteiger partial charge on any atom is -0.493 e. The van der Waals surface area contributed by atoms with Gasteiger partial charge in [-0.1, -0.05) is 49.6 Å². The smallest absolute Gasteiger partial charge is 0.193 e. The van der Waals surface area contributed by atoms with Gasteiger partial charge in [0, 0.05) is 30.8 Å². The van der Waals surface area contributed by atoms with Gasteiger partial charge in [-0.15, -0.1) is 0 Å². The second kappa shape index (κ2) is 11.3. The van der Waals surface area contributed by atoms with E-state index in [4.69, 9.17) is 9.15 Å². The second-order valence-electron chi connectivity index (χ2n) is 8.69. The Bertz CT molecular complexity index is 1040. The van der Waals surface area contributed by atoms with Crippen LogP contribution in [0, 0.1) is 0 Å². The molecule has 32 heavy (non-hydrogen) atoms. The number of piperidine rings is 1. The Balaban J connectivity index is 1.20. The number of aliphatic hydroxyl groups excluding tert-OH is 1. The predicted molar refractivity (Wildman–Crippen MR) is 128 cm³/mol. The van der Waals surface area contributed by atoms with Gasteiger partial charge in [0.15, 0.2) is 5.43 Å². The molecule has 0 radical (unpaired) electrons.